The summed E-state index contributed by atoms with van der Waals surface area (Å²) in [7, 11) is 0. The average molecular weight is 413 g/mol. The molecule has 0 fully saturated rings. The van der Waals surface area contributed by atoms with Gasteiger partial charge in [-0.05, 0) is 50.4 Å². The first-order valence-electron chi connectivity index (χ1n) is 9.40. The predicted molar refractivity (Wildman–Crippen MR) is 110 cm³/mol. The number of thiophene rings is 1. The summed E-state index contributed by atoms with van der Waals surface area (Å²) in [6.07, 6.45) is 0. The van der Waals surface area contributed by atoms with Crippen LogP contribution in [-0.2, 0) is 13.2 Å². The van der Waals surface area contributed by atoms with Gasteiger partial charge in [-0.2, -0.15) is 5.10 Å². The number of rotatable bonds is 7. The van der Waals surface area contributed by atoms with E-state index in [-0.39, 0.29) is 18.7 Å². The summed E-state index contributed by atoms with van der Waals surface area (Å²) in [6, 6.07) is 9.34. The molecule has 1 unspecified atom stereocenters. The van der Waals surface area contributed by atoms with Crippen LogP contribution in [0.3, 0.4) is 0 Å². The molecule has 1 aromatic carbocycles. The molecule has 1 atom stereocenters. The van der Waals surface area contributed by atoms with Gasteiger partial charge in [0.15, 0.2) is 11.5 Å². The van der Waals surface area contributed by atoms with Crippen molar-refractivity contribution in [2.75, 3.05) is 6.79 Å². The second-order valence-electron chi connectivity index (χ2n) is 7.11. The van der Waals surface area contributed by atoms with Crippen LogP contribution in [0.15, 0.2) is 35.7 Å². The van der Waals surface area contributed by atoms with Gasteiger partial charge in [-0.3, -0.25) is 9.48 Å². The molecule has 152 valence electrons. The Balaban J connectivity index is 1.31. The minimum Gasteiger partial charge on any atom is -0.489 e. The Bertz CT molecular complexity index is 1030. The van der Waals surface area contributed by atoms with Crippen molar-refractivity contribution in [2.24, 2.45) is 0 Å². The number of hydrogen-bond acceptors (Lipinski definition) is 6. The lowest BCUT2D eigenvalue weighted by molar-refractivity contribution is 0.0940. The van der Waals surface area contributed by atoms with E-state index < -0.39 is 0 Å². The van der Waals surface area contributed by atoms with E-state index in [0.29, 0.717) is 29.5 Å². The van der Waals surface area contributed by atoms with Crippen LogP contribution >= 0.6 is 11.3 Å². The largest absolute Gasteiger partial charge is 0.489 e. The number of nitrogens with zero attached hydrogens (tertiary/aromatic N) is 2. The number of hydrogen-bond donors (Lipinski definition) is 1. The first-order chi connectivity index (χ1) is 14.0. The molecular formula is C21H23N3O4S. The number of aryl methyl sites for hydroxylation is 2. The lowest BCUT2D eigenvalue weighted by Crippen LogP contribution is -2.35. The molecule has 0 radical (unpaired) electrons. The van der Waals surface area contributed by atoms with Gasteiger partial charge in [0.1, 0.15) is 12.4 Å². The fraction of sp³-hybridized carbons (Fsp3) is 0.333. The maximum Gasteiger partial charge on any atom is 0.261 e. The van der Waals surface area contributed by atoms with Crippen molar-refractivity contribution in [1.82, 2.24) is 15.1 Å². The van der Waals surface area contributed by atoms with Crippen LogP contribution in [0.2, 0.25) is 0 Å². The summed E-state index contributed by atoms with van der Waals surface area (Å²) >= 11 is 1.41. The summed E-state index contributed by atoms with van der Waals surface area (Å²) in [4.78, 5) is 13.2. The molecule has 1 N–H and O–H groups in total. The van der Waals surface area contributed by atoms with Crippen molar-refractivity contribution >= 4 is 17.2 Å². The number of benzene rings is 1. The normalized spacial score (nSPS) is 13.3. The Hall–Kier alpha value is -3.00. The lowest BCUT2D eigenvalue weighted by atomic mass is 10.2. The van der Waals surface area contributed by atoms with Gasteiger partial charge in [-0.1, -0.05) is 0 Å². The zero-order valence-corrected chi connectivity index (χ0v) is 17.4. The third kappa shape index (κ3) is 4.54. The quantitative estimate of drug-likeness (QED) is 0.639. The Morgan fingerprint density at radius 1 is 1.28 bits per heavy atom. The van der Waals surface area contributed by atoms with Crippen LogP contribution in [0.1, 0.15) is 33.5 Å². The molecule has 1 aliphatic rings. The molecule has 0 aliphatic carbocycles. The highest BCUT2D eigenvalue weighted by Gasteiger charge is 2.16. The van der Waals surface area contributed by atoms with E-state index in [1.54, 1.807) is 0 Å². The highest BCUT2D eigenvalue weighted by atomic mass is 32.1. The Labute approximate surface area is 173 Å². The van der Waals surface area contributed by atoms with E-state index >= 15 is 0 Å². The maximum absolute atomic E-state index is 12.5. The van der Waals surface area contributed by atoms with E-state index in [2.05, 4.69) is 10.4 Å². The number of aromatic nitrogens is 2. The van der Waals surface area contributed by atoms with Crippen LogP contribution in [0.4, 0.5) is 0 Å². The molecule has 8 heteroatoms. The minimum atomic E-state index is -0.0849. The maximum atomic E-state index is 12.5. The molecule has 0 bridgehead atoms. The molecule has 3 heterocycles. The summed E-state index contributed by atoms with van der Waals surface area (Å²) in [5.41, 5.74) is 3.01. The zero-order chi connectivity index (χ0) is 20.4. The van der Waals surface area contributed by atoms with Gasteiger partial charge in [-0.25, -0.2) is 0 Å². The number of carbonyl (C=O) groups excluding carboxylic acids is 1. The summed E-state index contributed by atoms with van der Waals surface area (Å²) < 4.78 is 18.4. The number of ether oxygens (including phenoxy) is 3. The van der Waals surface area contributed by atoms with E-state index in [0.717, 1.165) is 22.7 Å². The number of amides is 1. The molecule has 1 aliphatic heterocycles. The monoisotopic (exact) mass is 413 g/mol. The van der Waals surface area contributed by atoms with Gasteiger partial charge < -0.3 is 19.5 Å². The van der Waals surface area contributed by atoms with Crippen molar-refractivity contribution in [1.29, 1.82) is 0 Å². The fourth-order valence-electron chi connectivity index (χ4n) is 3.16. The number of fused-ring (bicyclic) bond motifs is 1. The first kappa shape index (κ1) is 19.3. The van der Waals surface area contributed by atoms with Crippen LogP contribution in [-0.4, -0.2) is 28.5 Å². The first-order valence-corrected chi connectivity index (χ1v) is 10.3. The summed E-state index contributed by atoms with van der Waals surface area (Å²) in [5.74, 6) is 2.02. The number of nitrogens with one attached hydrogen (secondary N) is 1. The van der Waals surface area contributed by atoms with E-state index in [1.165, 1.54) is 11.3 Å². The Morgan fingerprint density at radius 3 is 2.90 bits per heavy atom. The zero-order valence-electron chi connectivity index (χ0n) is 16.6. The van der Waals surface area contributed by atoms with Crippen molar-refractivity contribution in [3.8, 4) is 17.2 Å². The molecule has 1 amide bonds. The minimum absolute atomic E-state index is 0.0315. The van der Waals surface area contributed by atoms with Gasteiger partial charge in [-0.15, -0.1) is 11.3 Å². The molecule has 0 saturated heterocycles. The SMILES string of the molecule is Cc1cc(C)n(CC(C)NC(=O)c2cc(COc3ccc4c(c3)OCO4)cs2)n1. The van der Waals surface area contributed by atoms with Crippen molar-refractivity contribution in [2.45, 2.75) is 40.0 Å². The highest BCUT2D eigenvalue weighted by molar-refractivity contribution is 7.12. The smallest absolute Gasteiger partial charge is 0.261 e. The molecule has 2 aromatic heterocycles. The Morgan fingerprint density at radius 2 is 2.10 bits per heavy atom. The fourth-order valence-corrected chi connectivity index (χ4v) is 3.96. The summed E-state index contributed by atoms with van der Waals surface area (Å²) in [6.45, 7) is 7.21. The second kappa shape index (κ2) is 8.16. The standard InChI is InChI=1S/C21H23N3O4S/c1-13-6-15(3)24(23-13)9-14(2)22-21(25)20-7-16(11-29-20)10-26-17-4-5-18-19(8-17)28-12-27-18/h4-8,11,14H,9-10,12H2,1-3H3,(H,22,25). The van der Waals surface area contributed by atoms with Crippen LogP contribution < -0.4 is 19.5 Å². The van der Waals surface area contributed by atoms with Crippen LogP contribution in [0, 0.1) is 13.8 Å². The van der Waals surface area contributed by atoms with E-state index in [9.17, 15) is 4.79 Å². The van der Waals surface area contributed by atoms with Gasteiger partial charge >= 0.3 is 0 Å². The summed E-state index contributed by atoms with van der Waals surface area (Å²) in [5, 5.41) is 9.42. The van der Waals surface area contributed by atoms with Gasteiger partial charge in [0.25, 0.3) is 5.91 Å². The third-order valence-electron chi connectivity index (χ3n) is 4.55. The molecule has 4 rings (SSSR count). The molecule has 3 aromatic rings. The third-order valence-corrected chi connectivity index (χ3v) is 5.53. The van der Waals surface area contributed by atoms with Crippen molar-refractivity contribution < 1.29 is 19.0 Å². The Kier molecular flexibility index (Phi) is 5.44. The van der Waals surface area contributed by atoms with Crippen LogP contribution in [0.5, 0.6) is 17.2 Å². The topological polar surface area (TPSA) is 74.6 Å². The van der Waals surface area contributed by atoms with Gasteiger partial charge in [0, 0.05) is 23.4 Å². The van der Waals surface area contributed by atoms with Crippen molar-refractivity contribution in [3.05, 3.63) is 57.5 Å². The average Bonchev–Trinajstić information content (AvgIpc) is 3.40. The molecule has 0 spiro atoms. The molecule has 0 saturated carbocycles. The second-order valence-corrected chi connectivity index (χ2v) is 8.02. The lowest BCUT2D eigenvalue weighted by Gasteiger charge is -2.14. The van der Waals surface area contributed by atoms with Gasteiger partial charge in [0.2, 0.25) is 6.79 Å². The van der Waals surface area contributed by atoms with E-state index in [1.807, 2.05) is 61.2 Å². The van der Waals surface area contributed by atoms with E-state index in [4.69, 9.17) is 14.2 Å². The molecule has 7 nitrogen and oxygen atoms in total. The van der Waals surface area contributed by atoms with Gasteiger partial charge in [0.05, 0.1) is 17.1 Å². The van der Waals surface area contributed by atoms with Crippen molar-refractivity contribution in [3.63, 3.8) is 0 Å². The molecular weight excluding hydrogens is 390 g/mol. The highest BCUT2D eigenvalue weighted by Crippen LogP contribution is 2.35. The molecule has 29 heavy (non-hydrogen) atoms. The van der Waals surface area contributed by atoms with Crippen LogP contribution in [0.25, 0.3) is 0 Å². The number of carbonyl (C=O) groups is 1. The predicted octanol–water partition coefficient (Wildman–Crippen LogP) is 3.69.